The molecule has 2 rings (SSSR count). The first-order chi connectivity index (χ1) is 14.6. The molecule has 10 heteroatoms. The highest BCUT2D eigenvalue weighted by Gasteiger charge is 2.70. The van der Waals surface area contributed by atoms with Crippen LogP contribution in [0, 0.1) is 0 Å². The highest BCUT2D eigenvalue weighted by molar-refractivity contribution is 6.84. The Kier molecular flexibility index (Phi) is 7.29. The summed E-state index contributed by atoms with van der Waals surface area (Å²) in [7, 11) is -1.83. The van der Waals surface area contributed by atoms with Gasteiger partial charge in [-0.05, 0) is 16.1 Å². The molecule has 0 saturated carbocycles. The molecule has 7 nitrogen and oxygen atoms in total. The molecular weight excluding hydrogens is 457 g/mol. The Labute approximate surface area is 200 Å². The first-order valence-electron chi connectivity index (χ1n) is 11.6. The van der Waals surface area contributed by atoms with Crippen LogP contribution in [-0.4, -0.2) is 73.2 Å². The van der Waals surface area contributed by atoms with Crippen molar-refractivity contribution in [3.63, 3.8) is 0 Å². The third-order valence-corrected chi connectivity index (χ3v) is 20.7. The number of rotatable bonds is 5. The predicted octanol–water partition coefficient (Wildman–Crippen LogP) is 3.73. The summed E-state index contributed by atoms with van der Waals surface area (Å²) in [6, 6.07) is 1.61. The average molecular weight is 502 g/mol. The summed E-state index contributed by atoms with van der Waals surface area (Å²) in [5.41, 5.74) is -1.70. The van der Waals surface area contributed by atoms with Gasteiger partial charge in [0.15, 0.2) is 12.4 Å². The van der Waals surface area contributed by atoms with Gasteiger partial charge >= 0.3 is 5.69 Å². The molecule has 0 aliphatic carbocycles. The lowest BCUT2D eigenvalue weighted by Crippen LogP contribution is -2.72. The van der Waals surface area contributed by atoms with Crippen LogP contribution in [0.15, 0.2) is 17.1 Å². The SMILES string of the molecule is CN(C)c1ccn([C@@H]2O[C@H](C(O)[Si](C)(C)C(C)(C)C)[C@](O)([Si](C)(C)C(C)(C)C)[C@H]2F)c(=O)n1. The molecule has 1 saturated heterocycles. The zero-order chi connectivity index (χ0) is 25.9. The van der Waals surface area contributed by atoms with E-state index in [0.717, 1.165) is 4.57 Å². The van der Waals surface area contributed by atoms with E-state index >= 15 is 4.39 Å². The van der Waals surface area contributed by atoms with Gasteiger partial charge in [-0.15, -0.1) is 0 Å². The highest BCUT2D eigenvalue weighted by atomic mass is 28.3. The molecule has 1 aromatic heterocycles. The third-order valence-electron chi connectivity index (χ3n) is 8.77. The van der Waals surface area contributed by atoms with Gasteiger partial charge in [0.1, 0.15) is 17.1 Å². The lowest BCUT2D eigenvalue weighted by Gasteiger charge is -2.53. The topological polar surface area (TPSA) is 87.8 Å². The van der Waals surface area contributed by atoms with Crippen molar-refractivity contribution in [1.82, 2.24) is 9.55 Å². The maximum Gasteiger partial charge on any atom is 0.351 e. The minimum absolute atomic E-state index is 0.222. The van der Waals surface area contributed by atoms with Gasteiger partial charge in [-0.1, -0.05) is 67.7 Å². The minimum Gasteiger partial charge on any atom is -0.394 e. The Morgan fingerprint density at radius 3 is 2.06 bits per heavy atom. The Balaban J connectivity index is 2.71. The number of ether oxygens (including phenoxy) is 1. The molecule has 1 aliphatic rings. The van der Waals surface area contributed by atoms with Crippen LogP contribution in [-0.2, 0) is 4.74 Å². The van der Waals surface area contributed by atoms with E-state index in [1.807, 2.05) is 47.0 Å². The monoisotopic (exact) mass is 501 g/mol. The molecule has 0 aromatic carbocycles. The molecular formula is C23H44FN3O4Si2. The van der Waals surface area contributed by atoms with E-state index in [4.69, 9.17) is 4.74 Å². The van der Waals surface area contributed by atoms with Crippen LogP contribution < -0.4 is 10.6 Å². The predicted molar refractivity (Wildman–Crippen MR) is 137 cm³/mol. The van der Waals surface area contributed by atoms with Crippen molar-refractivity contribution >= 4 is 22.0 Å². The normalized spacial score (nSPS) is 28.2. The average Bonchev–Trinajstić information content (AvgIpc) is 2.92. The molecule has 1 aliphatic heterocycles. The number of anilines is 1. The Bertz CT molecular complexity index is 924. The Morgan fingerprint density at radius 2 is 1.67 bits per heavy atom. The van der Waals surface area contributed by atoms with Gasteiger partial charge in [-0.25, -0.2) is 9.18 Å². The van der Waals surface area contributed by atoms with Crippen molar-refractivity contribution in [3.05, 3.63) is 22.7 Å². The number of hydrogen-bond acceptors (Lipinski definition) is 6. The number of hydrogen-bond donors (Lipinski definition) is 2. The number of aliphatic hydroxyl groups excluding tert-OH is 1. The van der Waals surface area contributed by atoms with E-state index < -0.39 is 56.3 Å². The second kappa shape index (κ2) is 8.55. The molecule has 190 valence electrons. The molecule has 2 N–H and O–H groups in total. The van der Waals surface area contributed by atoms with Crippen LogP contribution in [0.2, 0.25) is 36.3 Å². The third kappa shape index (κ3) is 4.37. The molecule has 0 bridgehead atoms. The van der Waals surface area contributed by atoms with Crippen LogP contribution >= 0.6 is 0 Å². The first-order valence-corrected chi connectivity index (χ1v) is 17.7. The summed E-state index contributed by atoms with van der Waals surface area (Å²) in [6.07, 6.45) is -2.97. The Hall–Kier alpha value is -1.08. The van der Waals surface area contributed by atoms with E-state index in [0.29, 0.717) is 5.82 Å². The van der Waals surface area contributed by atoms with E-state index in [1.54, 1.807) is 25.1 Å². The van der Waals surface area contributed by atoms with Gasteiger partial charge in [0.25, 0.3) is 0 Å². The van der Waals surface area contributed by atoms with E-state index in [9.17, 15) is 15.0 Å². The van der Waals surface area contributed by atoms with Crippen LogP contribution in [0.25, 0.3) is 0 Å². The second-order valence-electron chi connectivity index (χ2n) is 12.8. The fraction of sp³-hybridized carbons (Fsp3) is 0.826. The lowest BCUT2D eigenvalue weighted by molar-refractivity contribution is -0.0763. The number of nitrogens with zero attached hydrogens (tertiary/aromatic N) is 3. The van der Waals surface area contributed by atoms with Crippen molar-refractivity contribution < 1.29 is 19.3 Å². The zero-order valence-corrected chi connectivity index (χ0v) is 24.4. The second-order valence-corrected chi connectivity index (χ2v) is 23.9. The van der Waals surface area contributed by atoms with Gasteiger partial charge < -0.3 is 19.8 Å². The first kappa shape index (κ1) is 28.2. The molecule has 2 heterocycles. The van der Waals surface area contributed by atoms with E-state index in [2.05, 4.69) is 25.8 Å². The maximum absolute atomic E-state index is 16.4. The molecule has 0 radical (unpaired) electrons. The van der Waals surface area contributed by atoms with Crippen LogP contribution in [0.1, 0.15) is 47.8 Å². The summed E-state index contributed by atoms with van der Waals surface area (Å²) in [6.45, 7) is 20.1. The maximum atomic E-state index is 16.4. The summed E-state index contributed by atoms with van der Waals surface area (Å²) >= 11 is 0. The number of aromatic nitrogens is 2. The van der Waals surface area contributed by atoms with Gasteiger partial charge in [0.05, 0.1) is 21.9 Å². The summed E-state index contributed by atoms with van der Waals surface area (Å²) in [5.74, 6) is 0.446. The standard InChI is InChI=1S/C23H44FN3O4Si2/c1-21(2,3)32(9,10)19(28)17-23(30,33(11,12)22(4,5)6)16(24)18(31-17)27-14-13-15(26(7)8)25-20(27)29/h13-14,16-19,28,30H,1-12H3/t16-,17+,18+,19?,23+/m0/s1. The minimum atomic E-state index is -2.87. The fourth-order valence-electron chi connectivity index (χ4n) is 4.19. The van der Waals surface area contributed by atoms with Crippen molar-refractivity contribution in [3.8, 4) is 0 Å². The van der Waals surface area contributed by atoms with Crippen molar-refractivity contribution in [1.29, 1.82) is 0 Å². The van der Waals surface area contributed by atoms with Crippen molar-refractivity contribution in [2.45, 2.75) is 107 Å². The van der Waals surface area contributed by atoms with Crippen LogP contribution in [0.4, 0.5) is 10.2 Å². The molecule has 0 spiro atoms. The van der Waals surface area contributed by atoms with Gasteiger partial charge in [-0.3, -0.25) is 4.57 Å². The molecule has 33 heavy (non-hydrogen) atoms. The molecule has 5 atom stereocenters. The molecule has 1 fully saturated rings. The van der Waals surface area contributed by atoms with Gasteiger partial charge in [0.2, 0.25) is 0 Å². The summed E-state index contributed by atoms with van der Waals surface area (Å²) in [4.78, 5) is 18.5. The van der Waals surface area contributed by atoms with Gasteiger partial charge in [0, 0.05) is 20.3 Å². The van der Waals surface area contributed by atoms with E-state index in [-0.39, 0.29) is 5.04 Å². The summed E-state index contributed by atoms with van der Waals surface area (Å²) < 4.78 is 23.7. The Morgan fingerprint density at radius 1 is 1.15 bits per heavy atom. The zero-order valence-electron chi connectivity index (χ0n) is 22.4. The molecule has 1 aromatic rings. The largest absolute Gasteiger partial charge is 0.394 e. The van der Waals surface area contributed by atoms with E-state index in [1.165, 1.54) is 6.20 Å². The number of aliphatic hydroxyl groups is 2. The smallest absolute Gasteiger partial charge is 0.351 e. The van der Waals surface area contributed by atoms with Crippen LogP contribution in [0.3, 0.4) is 0 Å². The summed E-state index contributed by atoms with van der Waals surface area (Å²) in [5, 5.41) is 21.4. The molecule has 0 amide bonds. The number of alkyl halides is 1. The fourth-order valence-corrected chi connectivity index (χ4v) is 9.30. The molecule has 1 unspecified atom stereocenters. The van der Waals surface area contributed by atoms with Crippen molar-refractivity contribution in [2.75, 3.05) is 19.0 Å². The van der Waals surface area contributed by atoms with Crippen LogP contribution in [0.5, 0.6) is 0 Å². The highest BCUT2D eigenvalue weighted by Crippen LogP contribution is 2.55. The van der Waals surface area contributed by atoms with Crippen molar-refractivity contribution in [2.24, 2.45) is 0 Å². The van der Waals surface area contributed by atoms with Gasteiger partial charge in [-0.2, -0.15) is 4.98 Å². The lowest BCUT2D eigenvalue weighted by atomic mass is 10.1. The quantitative estimate of drug-likeness (QED) is 0.598. The number of halogens is 1.